The van der Waals surface area contributed by atoms with Crippen LogP contribution in [-0.2, 0) is 10.0 Å². The Morgan fingerprint density at radius 1 is 1.50 bits per heavy atom. The number of carbonyl (C=O) groups is 1. The summed E-state index contributed by atoms with van der Waals surface area (Å²) < 4.78 is 22.3. The molecule has 0 aromatic carbocycles. The Kier molecular flexibility index (Phi) is 4.89. The number of sulfonamides is 1. The van der Waals surface area contributed by atoms with Crippen LogP contribution in [0.3, 0.4) is 0 Å². The van der Waals surface area contributed by atoms with Crippen molar-refractivity contribution in [1.82, 2.24) is 4.90 Å². The summed E-state index contributed by atoms with van der Waals surface area (Å²) in [6.07, 6.45) is 0.911. The van der Waals surface area contributed by atoms with Crippen LogP contribution in [0.15, 0.2) is 15.7 Å². The number of rotatable bonds is 5. The Morgan fingerprint density at radius 3 is 2.56 bits per heavy atom. The van der Waals surface area contributed by atoms with Crippen molar-refractivity contribution in [1.29, 1.82) is 0 Å². The average Bonchev–Trinajstić information content (AvgIpc) is 2.73. The molecule has 0 aliphatic carbocycles. The quantitative estimate of drug-likeness (QED) is 0.892. The molecule has 2 N–H and O–H groups in total. The number of primary sulfonamides is 1. The molecule has 1 aromatic rings. The highest BCUT2D eigenvalue weighted by Gasteiger charge is 2.17. The molecule has 0 fully saturated rings. The van der Waals surface area contributed by atoms with E-state index in [1.54, 1.807) is 11.9 Å². The van der Waals surface area contributed by atoms with Gasteiger partial charge in [-0.3, -0.25) is 4.79 Å². The maximum absolute atomic E-state index is 12.0. The molecule has 7 heteroatoms. The van der Waals surface area contributed by atoms with Crippen molar-refractivity contribution in [2.24, 2.45) is 11.1 Å². The number of nitrogens with zero attached hydrogens (tertiary/aromatic N) is 1. The summed E-state index contributed by atoms with van der Waals surface area (Å²) >= 11 is 0.966. The first kappa shape index (κ1) is 15.1. The number of thiophene rings is 1. The van der Waals surface area contributed by atoms with Crippen LogP contribution >= 0.6 is 11.3 Å². The van der Waals surface area contributed by atoms with E-state index in [1.165, 1.54) is 11.4 Å². The predicted molar refractivity (Wildman–Crippen MR) is 72.1 cm³/mol. The van der Waals surface area contributed by atoms with E-state index in [1.807, 2.05) is 0 Å². The van der Waals surface area contributed by atoms with Crippen LogP contribution in [0.2, 0.25) is 0 Å². The lowest BCUT2D eigenvalue weighted by molar-refractivity contribution is 0.0789. The minimum atomic E-state index is -3.72. The van der Waals surface area contributed by atoms with Crippen LogP contribution < -0.4 is 5.14 Å². The van der Waals surface area contributed by atoms with Gasteiger partial charge in [0, 0.05) is 19.0 Å². The molecule has 0 radical (unpaired) electrons. The van der Waals surface area contributed by atoms with Crippen molar-refractivity contribution in [2.75, 3.05) is 13.6 Å². The van der Waals surface area contributed by atoms with E-state index in [9.17, 15) is 13.2 Å². The molecular formula is C11H18N2O3S2. The molecule has 0 aliphatic rings. The fourth-order valence-electron chi connectivity index (χ4n) is 1.35. The lowest BCUT2D eigenvalue weighted by Gasteiger charge is -2.17. The third-order valence-electron chi connectivity index (χ3n) is 2.49. The molecule has 0 bridgehead atoms. The number of carbonyl (C=O) groups excluding carboxylic acids is 1. The Bertz CT molecular complexity index is 520. The molecule has 0 atom stereocenters. The molecule has 1 amide bonds. The fourth-order valence-corrected chi connectivity index (χ4v) is 2.93. The van der Waals surface area contributed by atoms with Gasteiger partial charge in [0.05, 0.1) is 5.56 Å². The molecule has 1 heterocycles. The summed E-state index contributed by atoms with van der Waals surface area (Å²) in [7, 11) is -2.01. The maximum Gasteiger partial charge on any atom is 0.254 e. The van der Waals surface area contributed by atoms with Crippen molar-refractivity contribution in [3.8, 4) is 0 Å². The highest BCUT2D eigenvalue weighted by molar-refractivity contribution is 7.91. The van der Waals surface area contributed by atoms with Crippen LogP contribution in [0.5, 0.6) is 0 Å². The minimum absolute atomic E-state index is 0.0168. The third kappa shape index (κ3) is 4.08. The third-order valence-corrected chi connectivity index (χ3v) is 4.88. The summed E-state index contributed by atoms with van der Waals surface area (Å²) in [5, 5.41) is 6.52. The Balaban J connectivity index is 2.76. The van der Waals surface area contributed by atoms with Gasteiger partial charge in [0.15, 0.2) is 0 Å². The molecule has 0 saturated carbocycles. The molecule has 18 heavy (non-hydrogen) atoms. The van der Waals surface area contributed by atoms with Gasteiger partial charge in [-0.1, -0.05) is 13.8 Å². The van der Waals surface area contributed by atoms with E-state index in [4.69, 9.17) is 5.14 Å². The van der Waals surface area contributed by atoms with E-state index >= 15 is 0 Å². The highest BCUT2D eigenvalue weighted by atomic mass is 32.2. The van der Waals surface area contributed by atoms with Crippen LogP contribution in [-0.4, -0.2) is 32.8 Å². The van der Waals surface area contributed by atoms with Crippen LogP contribution in [0, 0.1) is 5.92 Å². The standard InChI is InChI=1S/C11H18N2O3S2/c1-8(2)4-5-13(3)11(14)9-6-10(17-7-9)18(12,15)16/h6-8H,4-5H2,1-3H3,(H2,12,15,16). The van der Waals surface area contributed by atoms with Crippen LogP contribution in [0.25, 0.3) is 0 Å². The normalized spacial score (nSPS) is 11.8. The van der Waals surface area contributed by atoms with E-state index in [-0.39, 0.29) is 10.1 Å². The maximum atomic E-state index is 12.0. The first-order valence-corrected chi connectivity index (χ1v) is 8.01. The monoisotopic (exact) mass is 290 g/mol. The van der Waals surface area contributed by atoms with Gasteiger partial charge < -0.3 is 4.90 Å². The number of amides is 1. The van der Waals surface area contributed by atoms with E-state index in [0.717, 1.165) is 17.8 Å². The summed E-state index contributed by atoms with van der Waals surface area (Å²) in [5.74, 6) is 0.338. The first-order chi connectivity index (χ1) is 8.21. The molecule has 0 aliphatic heterocycles. The number of hydrogen-bond acceptors (Lipinski definition) is 4. The lowest BCUT2D eigenvalue weighted by atomic mass is 10.1. The zero-order chi connectivity index (χ0) is 13.9. The SMILES string of the molecule is CC(C)CCN(C)C(=O)c1csc(S(N)(=O)=O)c1. The van der Waals surface area contributed by atoms with Crippen LogP contribution in [0.4, 0.5) is 0 Å². The first-order valence-electron chi connectivity index (χ1n) is 5.58. The Morgan fingerprint density at radius 2 is 2.11 bits per heavy atom. The highest BCUT2D eigenvalue weighted by Crippen LogP contribution is 2.20. The van der Waals surface area contributed by atoms with Crippen molar-refractivity contribution in [3.05, 3.63) is 17.0 Å². The van der Waals surface area contributed by atoms with E-state index < -0.39 is 10.0 Å². The largest absolute Gasteiger partial charge is 0.342 e. The van der Waals surface area contributed by atoms with Crippen molar-refractivity contribution in [3.63, 3.8) is 0 Å². The predicted octanol–water partition coefficient (Wildman–Crippen LogP) is 1.51. The zero-order valence-electron chi connectivity index (χ0n) is 10.7. The second-order valence-corrected chi connectivity index (χ2v) is 7.31. The molecule has 0 unspecified atom stereocenters. The summed E-state index contributed by atoms with van der Waals surface area (Å²) in [6.45, 7) is 4.82. The summed E-state index contributed by atoms with van der Waals surface area (Å²) in [5.41, 5.74) is 0.371. The van der Waals surface area contributed by atoms with Crippen molar-refractivity contribution < 1.29 is 13.2 Å². The Hall–Kier alpha value is -0.920. The van der Waals surface area contributed by atoms with Crippen LogP contribution in [0.1, 0.15) is 30.6 Å². The molecular weight excluding hydrogens is 272 g/mol. The lowest BCUT2D eigenvalue weighted by Crippen LogP contribution is -2.28. The van der Waals surface area contributed by atoms with Crippen molar-refractivity contribution >= 4 is 27.3 Å². The molecule has 0 saturated heterocycles. The topological polar surface area (TPSA) is 80.5 Å². The van der Waals surface area contributed by atoms with Gasteiger partial charge >= 0.3 is 0 Å². The molecule has 0 spiro atoms. The Labute approximate surface area is 112 Å². The van der Waals surface area contributed by atoms with Gasteiger partial charge in [-0.15, -0.1) is 11.3 Å². The fraction of sp³-hybridized carbons (Fsp3) is 0.545. The number of nitrogens with two attached hydrogens (primary N) is 1. The van der Waals surface area contributed by atoms with Gasteiger partial charge in [-0.25, -0.2) is 13.6 Å². The van der Waals surface area contributed by atoms with Gasteiger partial charge in [-0.05, 0) is 18.4 Å². The molecule has 5 nitrogen and oxygen atoms in total. The van der Waals surface area contributed by atoms with Gasteiger partial charge in [0.1, 0.15) is 4.21 Å². The molecule has 1 rings (SSSR count). The molecule has 1 aromatic heterocycles. The van der Waals surface area contributed by atoms with E-state index in [0.29, 0.717) is 18.0 Å². The van der Waals surface area contributed by atoms with Gasteiger partial charge in [-0.2, -0.15) is 0 Å². The minimum Gasteiger partial charge on any atom is -0.342 e. The second kappa shape index (κ2) is 5.81. The average molecular weight is 290 g/mol. The summed E-state index contributed by atoms with van der Waals surface area (Å²) in [4.78, 5) is 13.6. The summed E-state index contributed by atoms with van der Waals surface area (Å²) in [6, 6.07) is 1.33. The van der Waals surface area contributed by atoms with Gasteiger partial charge in [0.2, 0.25) is 10.0 Å². The van der Waals surface area contributed by atoms with Crippen molar-refractivity contribution in [2.45, 2.75) is 24.5 Å². The second-order valence-electron chi connectivity index (χ2n) is 4.61. The zero-order valence-corrected chi connectivity index (χ0v) is 12.3. The van der Waals surface area contributed by atoms with E-state index in [2.05, 4.69) is 13.8 Å². The smallest absolute Gasteiger partial charge is 0.254 e. The van der Waals surface area contributed by atoms with Gasteiger partial charge in [0.25, 0.3) is 5.91 Å². The molecule has 102 valence electrons. The number of hydrogen-bond donors (Lipinski definition) is 1.